The molecule has 0 amide bonds. The molecular formula is C31H29F6NO3. The molecule has 3 fully saturated rings. The van der Waals surface area contributed by atoms with Crippen LogP contribution in [0.5, 0.6) is 0 Å². The third-order valence-corrected chi connectivity index (χ3v) is 8.13. The summed E-state index contributed by atoms with van der Waals surface area (Å²) in [5, 5.41) is 0. The van der Waals surface area contributed by atoms with Crippen LogP contribution in [-0.4, -0.2) is 43.2 Å². The summed E-state index contributed by atoms with van der Waals surface area (Å²) in [4.78, 5) is 14.9. The van der Waals surface area contributed by atoms with Gasteiger partial charge in [-0.05, 0) is 47.9 Å². The number of hydrogen-bond acceptors (Lipinski definition) is 4. The second-order valence-corrected chi connectivity index (χ2v) is 10.6. The van der Waals surface area contributed by atoms with E-state index in [4.69, 9.17) is 9.47 Å². The predicted octanol–water partition coefficient (Wildman–Crippen LogP) is 6.93. The number of piperidine rings is 3. The number of carbonyl (C=O) groups excluding carboxylic acids is 1. The van der Waals surface area contributed by atoms with Crippen LogP contribution >= 0.6 is 0 Å². The number of nitrogens with zero attached hydrogens (tertiary/aromatic N) is 1. The van der Waals surface area contributed by atoms with Crippen molar-refractivity contribution in [1.29, 1.82) is 0 Å². The fourth-order valence-corrected chi connectivity index (χ4v) is 6.35. The molecule has 3 aromatic rings. The third-order valence-electron chi connectivity index (χ3n) is 8.13. The van der Waals surface area contributed by atoms with Gasteiger partial charge in [0.2, 0.25) is 0 Å². The highest BCUT2D eigenvalue weighted by Gasteiger charge is 2.53. The molecule has 3 saturated heterocycles. The Bertz CT molecular complexity index is 1270. The maximum Gasteiger partial charge on any atom is 0.416 e. The number of fused-ring (bicyclic) bond motifs is 3. The number of hydrogen-bond donors (Lipinski definition) is 0. The van der Waals surface area contributed by atoms with E-state index in [9.17, 15) is 31.1 Å². The van der Waals surface area contributed by atoms with Crippen molar-refractivity contribution < 1.29 is 40.6 Å². The first-order valence-electron chi connectivity index (χ1n) is 13.3. The SMILES string of the molecule is COC(=O)[C@@H]1CN2CC[C@H]1[C@H](OCc1cc(C(F)(F)F)cc(C(F)(F)F)c1)[C@@H]2C(c1ccccc1)c1ccccc1. The van der Waals surface area contributed by atoms with Crippen molar-refractivity contribution in [3.8, 4) is 0 Å². The van der Waals surface area contributed by atoms with Crippen LogP contribution in [0.15, 0.2) is 78.9 Å². The Morgan fingerprint density at radius 2 is 1.41 bits per heavy atom. The van der Waals surface area contributed by atoms with Crippen molar-refractivity contribution in [2.45, 2.75) is 43.4 Å². The van der Waals surface area contributed by atoms with Gasteiger partial charge < -0.3 is 9.47 Å². The van der Waals surface area contributed by atoms with E-state index in [-0.39, 0.29) is 29.5 Å². The number of halogens is 6. The number of ether oxygens (including phenoxy) is 2. The molecule has 2 bridgehead atoms. The Balaban J connectivity index is 1.55. The average molecular weight is 578 g/mol. The molecule has 0 radical (unpaired) electrons. The number of carbonyl (C=O) groups is 1. The zero-order chi connectivity index (χ0) is 29.4. The standard InChI is InChI=1S/C31H29F6NO3/c1-40-29(39)25-17-38-13-12-24(25)28(27(38)26(20-8-4-2-5-9-20)21-10-6-3-7-11-21)41-18-19-14-22(30(32,33)34)16-23(15-19)31(35,36)37/h2-11,14-16,24-28H,12-13,17-18H2,1H3/t24-,25-,27+,28+/m1/s1. The predicted molar refractivity (Wildman–Crippen MR) is 139 cm³/mol. The molecule has 3 aliphatic heterocycles. The minimum absolute atomic E-state index is 0.106. The second-order valence-electron chi connectivity index (χ2n) is 10.6. The van der Waals surface area contributed by atoms with Crippen LogP contribution in [0, 0.1) is 11.8 Å². The quantitative estimate of drug-likeness (QED) is 0.226. The van der Waals surface area contributed by atoms with Crippen molar-refractivity contribution in [1.82, 2.24) is 4.90 Å². The lowest BCUT2D eigenvalue weighted by molar-refractivity contribution is -0.175. The van der Waals surface area contributed by atoms with Gasteiger partial charge >= 0.3 is 18.3 Å². The van der Waals surface area contributed by atoms with Gasteiger partial charge in [-0.25, -0.2) is 0 Å². The molecule has 0 spiro atoms. The van der Waals surface area contributed by atoms with E-state index in [1.165, 1.54) is 7.11 Å². The Kier molecular flexibility index (Phi) is 8.16. The maximum atomic E-state index is 13.5. The summed E-state index contributed by atoms with van der Waals surface area (Å²) < 4.78 is 92.4. The molecule has 4 nitrogen and oxygen atoms in total. The third kappa shape index (κ3) is 6.13. The van der Waals surface area contributed by atoms with Gasteiger partial charge in [0.25, 0.3) is 0 Å². The van der Waals surface area contributed by atoms with Crippen molar-refractivity contribution in [3.63, 3.8) is 0 Å². The van der Waals surface area contributed by atoms with Gasteiger partial charge in [-0.3, -0.25) is 9.69 Å². The second kappa shape index (κ2) is 11.5. The molecule has 10 heteroatoms. The van der Waals surface area contributed by atoms with Crippen LogP contribution in [0.3, 0.4) is 0 Å². The molecule has 6 rings (SSSR count). The van der Waals surface area contributed by atoms with Crippen LogP contribution in [-0.2, 0) is 33.2 Å². The topological polar surface area (TPSA) is 38.8 Å². The van der Waals surface area contributed by atoms with Gasteiger partial charge in [-0.15, -0.1) is 0 Å². The Morgan fingerprint density at radius 1 is 0.878 bits per heavy atom. The van der Waals surface area contributed by atoms with E-state index in [1.807, 2.05) is 60.7 Å². The number of esters is 1. The number of benzene rings is 3. The maximum absolute atomic E-state index is 13.5. The van der Waals surface area contributed by atoms with E-state index in [0.29, 0.717) is 31.6 Å². The molecule has 3 heterocycles. The molecule has 0 aromatic heterocycles. The van der Waals surface area contributed by atoms with Gasteiger partial charge in [0, 0.05) is 24.4 Å². The smallest absolute Gasteiger partial charge is 0.416 e. The summed E-state index contributed by atoms with van der Waals surface area (Å²) in [5.74, 6) is -1.51. The summed E-state index contributed by atoms with van der Waals surface area (Å²) in [5.41, 5.74) is -1.06. The van der Waals surface area contributed by atoms with Crippen molar-refractivity contribution in [2.24, 2.45) is 11.8 Å². The monoisotopic (exact) mass is 577 g/mol. The summed E-state index contributed by atoms with van der Waals surface area (Å²) >= 11 is 0. The molecule has 218 valence electrons. The number of methoxy groups -OCH3 is 1. The molecule has 3 aromatic carbocycles. The average Bonchev–Trinajstić information content (AvgIpc) is 2.96. The first-order valence-corrected chi connectivity index (χ1v) is 13.3. The molecule has 41 heavy (non-hydrogen) atoms. The Hall–Kier alpha value is -3.37. The fourth-order valence-electron chi connectivity index (χ4n) is 6.35. The van der Waals surface area contributed by atoms with Crippen LogP contribution in [0.25, 0.3) is 0 Å². The van der Waals surface area contributed by atoms with E-state index in [0.717, 1.165) is 11.1 Å². The lowest BCUT2D eigenvalue weighted by atomic mass is 9.68. The highest BCUT2D eigenvalue weighted by atomic mass is 19.4. The molecule has 0 saturated carbocycles. The van der Waals surface area contributed by atoms with E-state index >= 15 is 0 Å². The van der Waals surface area contributed by atoms with Gasteiger partial charge in [-0.1, -0.05) is 60.7 Å². The van der Waals surface area contributed by atoms with Crippen LogP contribution < -0.4 is 0 Å². The van der Waals surface area contributed by atoms with Crippen LogP contribution in [0.1, 0.15) is 40.2 Å². The molecule has 0 N–H and O–H groups in total. The van der Waals surface area contributed by atoms with Gasteiger partial charge in [-0.2, -0.15) is 26.3 Å². The summed E-state index contributed by atoms with van der Waals surface area (Å²) in [6.45, 7) is 0.600. The minimum atomic E-state index is -4.96. The van der Waals surface area contributed by atoms with Crippen LogP contribution in [0.4, 0.5) is 26.3 Å². The Morgan fingerprint density at radius 3 is 1.90 bits per heavy atom. The minimum Gasteiger partial charge on any atom is -0.469 e. The summed E-state index contributed by atoms with van der Waals surface area (Å²) in [7, 11) is 1.30. The number of rotatable bonds is 7. The number of alkyl halides is 6. The highest BCUT2D eigenvalue weighted by Crippen LogP contribution is 2.46. The lowest BCUT2D eigenvalue weighted by Crippen LogP contribution is -2.65. The van der Waals surface area contributed by atoms with Crippen molar-refractivity contribution >= 4 is 5.97 Å². The van der Waals surface area contributed by atoms with E-state index < -0.39 is 48.1 Å². The fraction of sp³-hybridized carbons (Fsp3) is 0.387. The van der Waals surface area contributed by atoms with Gasteiger partial charge in [0.15, 0.2) is 0 Å². The first kappa shape index (κ1) is 29.1. The van der Waals surface area contributed by atoms with Gasteiger partial charge in [0.1, 0.15) is 0 Å². The molecule has 1 unspecified atom stereocenters. The summed E-state index contributed by atoms with van der Waals surface area (Å²) in [6.07, 6.45) is -10.0. The van der Waals surface area contributed by atoms with Gasteiger partial charge in [0.05, 0.1) is 36.9 Å². The zero-order valence-electron chi connectivity index (χ0n) is 22.2. The summed E-state index contributed by atoms with van der Waals surface area (Å²) in [6, 6.07) is 20.5. The molecule has 3 aliphatic rings. The largest absolute Gasteiger partial charge is 0.469 e. The van der Waals surface area contributed by atoms with E-state index in [1.54, 1.807) is 0 Å². The lowest BCUT2D eigenvalue weighted by Gasteiger charge is -2.55. The molecule has 0 aliphatic carbocycles. The van der Waals surface area contributed by atoms with Crippen LogP contribution in [0.2, 0.25) is 0 Å². The molecular weight excluding hydrogens is 548 g/mol. The first-order chi connectivity index (χ1) is 19.5. The van der Waals surface area contributed by atoms with Crippen molar-refractivity contribution in [3.05, 3.63) is 107 Å². The Labute approximate surface area is 233 Å². The normalized spacial score (nSPS) is 24.4. The zero-order valence-corrected chi connectivity index (χ0v) is 22.2. The highest BCUT2D eigenvalue weighted by molar-refractivity contribution is 5.73. The molecule has 5 atom stereocenters. The van der Waals surface area contributed by atoms with E-state index in [2.05, 4.69) is 4.90 Å². The van der Waals surface area contributed by atoms with Crippen molar-refractivity contribution in [2.75, 3.05) is 20.2 Å².